The number of hydrogen-bond acceptors (Lipinski definition) is 2. The van der Waals surface area contributed by atoms with Crippen LogP contribution in [-0.2, 0) is 0 Å². The second-order valence-electron chi connectivity index (χ2n) is 5.67. The first-order valence-corrected chi connectivity index (χ1v) is 8.55. The molecule has 3 heteroatoms. The van der Waals surface area contributed by atoms with E-state index in [4.69, 9.17) is 0 Å². The lowest BCUT2D eigenvalue weighted by molar-refractivity contribution is 0.627. The third kappa shape index (κ3) is 7.93. The zero-order chi connectivity index (χ0) is 15.3. The number of nitrogens with one attached hydrogen (secondary N) is 2. The maximum absolute atomic E-state index is 14.0. The maximum atomic E-state index is 14.0. The lowest BCUT2D eigenvalue weighted by atomic mass is 10.2. The van der Waals surface area contributed by atoms with Gasteiger partial charge in [0.15, 0.2) is 0 Å². The molecule has 0 aliphatic heterocycles. The fourth-order valence-electron chi connectivity index (χ4n) is 2.33. The van der Waals surface area contributed by atoms with Crippen molar-refractivity contribution in [3.63, 3.8) is 0 Å². The molecule has 1 rings (SSSR count). The Morgan fingerprint density at radius 2 is 1.43 bits per heavy atom. The fraction of sp³-hybridized carbons (Fsp3) is 0.667. The lowest BCUT2D eigenvalue weighted by Crippen LogP contribution is -2.05. The standard InChI is InChI=1S/C18H31FN2/c1-3-5-7-9-13-20-16-11-12-18(17(19)15-16)21-14-10-8-6-4-2/h11-12,15,20-21H,3-10,13-14H2,1-2H3. The Bertz CT molecular complexity index is 379. The Hall–Kier alpha value is -1.25. The molecule has 0 aromatic heterocycles. The summed E-state index contributed by atoms with van der Waals surface area (Å²) in [6, 6.07) is 5.38. The third-order valence-corrected chi connectivity index (χ3v) is 3.67. The van der Waals surface area contributed by atoms with E-state index in [1.165, 1.54) is 38.5 Å². The Labute approximate surface area is 129 Å². The second-order valence-corrected chi connectivity index (χ2v) is 5.67. The molecule has 0 atom stereocenters. The highest BCUT2D eigenvalue weighted by Gasteiger charge is 2.02. The van der Waals surface area contributed by atoms with Crippen LogP contribution in [0.1, 0.15) is 65.2 Å². The zero-order valence-electron chi connectivity index (χ0n) is 13.7. The van der Waals surface area contributed by atoms with Gasteiger partial charge >= 0.3 is 0 Å². The molecular weight excluding hydrogens is 263 g/mol. The van der Waals surface area contributed by atoms with Crippen molar-refractivity contribution in [1.29, 1.82) is 0 Å². The highest BCUT2D eigenvalue weighted by Crippen LogP contribution is 2.19. The quantitative estimate of drug-likeness (QED) is 0.475. The van der Waals surface area contributed by atoms with Crippen LogP contribution in [0.15, 0.2) is 18.2 Å². The molecule has 0 unspecified atom stereocenters. The lowest BCUT2D eigenvalue weighted by Gasteiger charge is -2.10. The monoisotopic (exact) mass is 294 g/mol. The Morgan fingerprint density at radius 3 is 2.00 bits per heavy atom. The molecule has 2 N–H and O–H groups in total. The topological polar surface area (TPSA) is 24.1 Å². The van der Waals surface area contributed by atoms with Gasteiger partial charge in [-0.25, -0.2) is 4.39 Å². The van der Waals surface area contributed by atoms with Crippen molar-refractivity contribution in [3.8, 4) is 0 Å². The zero-order valence-corrected chi connectivity index (χ0v) is 13.7. The number of anilines is 2. The number of hydrogen-bond donors (Lipinski definition) is 2. The average molecular weight is 294 g/mol. The van der Waals surface area contributed by atoms with Crippen LogP contribution in [0.4, 0.5) is 15.8 Å². The minimum Gasteiger partial charge on any atom is -0.385 e. The summed E-state index contributed by atoms with van der Waals surface area (Å²) in [4.78, 5) is 0. The van der Waals surface area contributed by atoms with Gasteiger partial charge in [-0.15, -0.1) is 0 Å². The van der Waals surface area contributed by atoms with E-state index >= 15 is 0 Å². The van der Waals surface area contributed by atoms with E-state index in [0.717, 1.165) is 31.6 Å². The van der Waals surface area contributed by atoms with Gasteiger partial charge in [0.05, 0.1) is 5.69 Å². The SMILES string of the molecule is CCCCCCNc1ccc(NCCCCCC)c(F)c1. The van der Waals surface area contributed by atoms with E-state index in [2.05, 4.69) is 24.5 Å². The van der Waals surface area contributed by atoms with Gasteiger partial charge in [-0.1, -0.05) is 52.4 Å². The molecule has 0 aliphatic rings. The molecule has 2 nitrogen and oxygen atoms in total. The molecule has 0 saturated heterocycles. The van der Waals surface area contributed by atoms with Gasteiger partial charge < -0.3 is 10.6 Å². The summed E-state index contributed by atoms with van der Waals surface area (Å²) < 4.78 is 14.0. The van der Waals surface area contributed by atoms with Crippen molar-refractivity contribution in [1.82, 2.24) is 0 Å². The van der Waals surface area contributed by atoms with Crippen LogP contribution in [-0.4, -0.2) is 13.1 Å². The van der Waals surface area contributed by atoms with Gasteiger partial charge in [0, 0.05) is 18.8 Å². The highest BCUT2D eigenvalue weighted by atomic mass is 19.1. The molecule has 0 radical (unpaired) electrons. The molecule has 120 valence electrons. The molecule has 0 aliphatic carbocycles. The summed E-state index contributed by atoms with van der Waals surface area (Å²) in [5.41, 5.74) is 1.49. The first kappa shape index (κ1) is 17.8. The summed E-state index contributed by atoms with van der Waals surface area (Å²) in [6.45, 7) is 6.17. The third-order valence-electron chi connectivity index (χ3n) is 3.67. The predicted octanol–water partition coefficient (Wildman–Crippen LogP) is 5.81. The summed E-state index contributed by atoms with van der Waals surface area (Å²) >= 11 is 0. The minimum atomic E-state index is -0.163. The van der Waals surface area contributed by atoms with Crippen LogP contribution in [0.5, 0.6) is 0 Å². The Balaban J connectivity index is 2.27. The Morgan fingerprint density at radius 1 is 0.810 bits per heavy atom. The molecule has 0 fully saturated rings. The van der Waals surface area contributed by atoms with Gasteiger partial charge in [0.1, 0.15) is 5.82 Å². The predicted molar refractivity (Wildman–Crippen MR) is 91.7 cm³/mol. The normalized spacial score (nSPS) is 10.6. The highest BCUT2D eigenvalue weighted by molar-refractivity contribution is 5.54. The molecule has 0 saturated carbocycles. The molecule has 0 amide bonds. The smallest absolute Gasteiger partial charge is 0.148 e. The van der Waals surface area contributed by atoms with Gasteiger partial charge in [0.25, 0.3) is 0 Å². The first-order chi connectivity index (χ1) is 10.3. The van der Waals surface area contributed by atoms with Crippen molar-refractivity contribution in [2.24, 2.45) is 0 Å². The first-order valence-electron chi connectivity index (χ1n) is 8.55. The second kappa shape index (κ2) is 11.4. The van der Waals surface area contributed by atoms with E-state index in [9.17, 15) is 4.39 Å². The van der Waals surface area contributed by atoms with Gasteiger partial charge in [-0.3, -0.25) is 0 Å². The molecule has 0 heterocycles. The summed E-state index contributed by atoms with van der Waals surface area (Å²) in [5, 5.41) is 6.47. The van der Waals surface area contributed by atoms with Gasteiger partial charge in [-0.2, -0.15) is 0 Å². The molecule has 0 spiro atoms. The van der Waals surface area contributed by atoms with Crippen molar-refractivity contribution in [2.45, 2.75) is 65.2 Å². The molecule has 21 heavy (non-hydrogen) atoms. The summed E-state index contributed by atoms with van der Waals surface area (Å²) in [6.07, 6.45) is 9.70. The van der Waals surface area contributed by atoms with Crippen molar-refractivity contribution >= 4 is 11.4 Å². The van der Waals surface area contributed by atoms with Crippen molar-refractivity contribution in [3.05, 3.63) is 24.0 Å². The average Bonchev–Trinajstić information content (AvgIpc) is 2.48. The van der Waals surface area contributed by atoms with E-state index < -0.39 is 0 Å². The number of halogens is 1. The van der Waals surface area contributed by atoms with E-state index in [-0.39, 0.29) is 5.82 Å². The van der Waals surface area contributed by atoms with Crippen molar-refractivity contribution in [2.75, 3.05) is 23.7 Å². The fourth-order valence-corrected chi connectivity index (χ4v) is 2.33. The molecule has 1 aromatic carbocycles. The van der Waals surface area contributed by atoms with Crippen LogP contribution >= 0.6 is 0 Å². The largest absolute Gasteiger partial charge is 0.385 e. The summed E-state index contributed by atoms with van der Waals surface area (Å²) in [5.74, 6) is -0.163. The number of rotatable bonds is 12. The Kier molecular flexibility index (Phi) is 9.68. The van der Waals surface area contributed by atoms with Crippen molar-refractivity contribution < 1.29 is 4.39 Å². The minimum absolute atomic E-state index is 0.163. The maximum Gasteiger partial charge on any atom is 0.148 e. The molecule has 0 bridgehead atoms. The number of unbranched alkanes of at least 4 members (excludes halogenated alkanes) is 6. The molecule has 1 aromatic rings. The summed E-state index contributed by atoms with van der Waals surface area (Å²) in [7, 11) is 0. The van der Waals surface area contributed by atoms with Crippen LogP contribution in [0, 0.1) is 5.82 Å². The van der Waals surface area contributed by atoms with Crippen LogP contribution in [0.25, 0.3) is 0 Å². The van der Waals surface area contributed by atoms with Crippen LogP contribution in [0.2, 0.25) is 0 Å². The van der Waals surface area contributed by atoms with Gasteiger partial charge in [-0.05, 0) is 31.0 Å². The van der Waals surface area contributed by atoms with E-state index in [1.807, 2.05) is 12.1 Å². The van der Waals surface area contributed by atoms with Gasteiger partial charge in [0.2, 0.25) is 0 Å². The molecular formula is C18H31FN2. The number of benzene rings is 1. The van der Waals surface area contributed by atoms with E-state index in [1.54, 1.807) is 6.07 Å². The van der Waals surface area contributed by atoms with Crippen LogP contribution < -0.4 is 10.6 Å². The van der Waals surface area contributed by atoms with Crippen LogP contribution in [0.3, 0.4) is 0 Å². The van der Waals surface area contributed by atoms with E-state index in [0.29, 0.717) is 5.69 Å².